The van der Waals surface area contributed by atoms with Gasteiger partial charge in [0, 0.05) is 34.2 Å². The van der Waals surface area contributed by atoms with Gasteiger partial charge in [-0.3, -0.25) is 23.9 Å². The number of aromatic nitrogens is 3. The summed E-state index contributed by atoms with van der Waals surface area (Å²) in [4.78, 5) is 47.1. The van der Waals surface area contributed by atoms with Gasteiger partial charge in [0.2, 0.25) is 0 Å². The van der Waals surface area contributed by atoms with Gasteiger partial charge in [0.1, 0.15) is 18.4 Å². The van der Waals surface area contributed by atoms with E-state index in [1.165, 1.54) is 13.8 Å². The molecule has 13 nitrogen and oxygen atoms in total. The Bertz CT molecular complexity index is 936. The standard InChI is InChI=1S/C25H39N3O10/c1-7-9-10-19(8-2)11-28-12-20(26-27-28)13-34-25-24(37-18(6)32)23(36-17(5)31)22(35-16(4)30)21(38-25)14-33-15(3)29/h12,19,21-25H,7-11,13-14H2,1-6H3/t19?,21-,22-,23+,24-,25+/m1/s1. The lowest BCUT2D eigenvalue weighted by molar-refractivity contribution is -0.310. The number of hydrogen-bond donors (Lipinski definition) is 0. The van der Waals surface area contributed by atoms with Crippen molar-refractivity contribution in [2.24, 2.45) is 5.92 Å². The van der Waals surface area contributed by atoms with Crippen molar-refractivity contribution < 1.29 is 47.6 Å². The summed E-state index contributed by atoms with van der Waals surface area (Å²) < 4.78 is 34.8. The molecule has 2 heterocycles. The van der Waals surface area contributed by atoms with Gasteiger partial charge in [0.05, 0.1) is 12.8 Å². The van der Waals surface area contributed by atoms with Crippen LogP contribution in [0.5, 0.6) is 0 Å². The van der Waals surface area contributed by atoms with Gasteiger partial charge in [-0.05, 0) is 12.3 Å². The summed E-state index contributed by atoms with van der Waals surface area (Å²) in [7, 11) is 0. The summed E-state index contributed by atoms with van der Waals surface area (Å²) in [5.41, 5.74) is 0.503. The van der Waals surface area contributed by atoms with Crippen molar-refractivity contribution in [2.75, 3.05) is 6.61 Å². The average molecular weight is 542 g/mol. The zero-order chi connectivity index (χ0) is 28.2. The second-order valence-corrected chi connectivity index (χ2v) is 9.23. The molecule has 1 aromatic rings. The van der Waals surface area contributed by atoms with Crippen molar-refractivity contribution >= 4 is 23.9 Å². The van der Waals surface area contributed by atoms with E-state index in [1.54, 1.807) is 10.9 Å². The number of rotatable bonds is 14. The molecule has 0 amide bonds. The van der Waals surface area contributed by atoms with Crippen LogP contribution >= 0.6 is 0 Å². The summed E-state index contributed by atoms with van der Waals surface area (Å²) in [5, 5.41) is 8.34. The SMILES string of the molecule is CCCCC(CC)Cn1cc(CO[C@H]2O[C@H](COC(C)=O)[C@@H](OC(C)=O)[C@H](OC(C)=O)[C@H]2OC(C)=O)nn1. The largest absolute Gasteiger partial charge is 0.463 e. The van der Waals surface area contributed by atoms with Crippen LogP contribution in [0.25, 0.3) is 0 Å². The minimum Gasteiger partial charge on any atom is -0.463 e. The molecule has 38 heavy (non-hydrogen) atoms. The predicted octanol–water partition coefficient (Wildman–Crippen LogP) is 2.09. The van der Waals surface area contributed by atoms with Crippen LogP contribution < -0.4 is 0 Å². The number of unbranched alkanes of at least 4 members (excludes halogenated alkanes) is 1. The second kappa shape index (κ2) is 15.4. The van der Waals surface area contributed by atoms with Crippen LogP contribution in [0.4, 0.5) is 0 Å². The normalized spacial score (nSPS) is 23.8. The van der Waals surface area contributed by atoms with E-state index in [-0.39, 0.29) is 13.2 Å². The first-order chi connectivity index (χ1) is 18.0. The molecule has 1 aliphatic heterocycles. The van der Waals surface area contributed by atoms with Crippen LogP contribution in [0.2, 0.25) is 0 Å². The monoisotopic (exact) mass is 541 g/mol. The quantitative estimate of drug-likeness (QED) is 0.250. The summed E-state index contributed by atoms with van der Waals surface area (Å²) in [5.74, 6) is -2.24. The molecule has 1 saturated heterocycles. The van der Waals surface area contributed by atoms with Crippen LogP contribution in [0.15, 0.2) is 6.20 Å². The van der Waals surface area contributed by atoms with E-state index >= 15 is 0 Å². The van der Waals surface area contributed by atoms with Crippen LogP contribution in [-0.4, -0.2) is 76.2 Å². The van der Waals surface area contributed by atoms with Crippen LogP contribution in [0, 0.1) is 5.92 Å². The molecule has 2 rings (SSSR count). The second-order valence-electron chi connectivity index (χ2n) is 9.23. The summed E-state index contributed by atoms with van der Waals surface area (Å²) >= 11 is 0. The molecular formula is C25H39N3O10. The molecule has 0 N–H and O–H groups in total. The third kappa shape index (κ3) is 10.0. The lowest BCUT2D eigenvalue weighted by Crippen LogP contribution is -2.62. The predicted molar refractivity (Wildman–Crippen MR) is 130 cm³/mol. The molecule has 6 atom stereocenters. The molecular weight excluding hydrogens is 502 g/mol. The molecule has 0 aromatic carbocycles. The molecule has 0 spiro atoms. The molecule has 0 bridgehead atoms. The van der Waals surface area contributed by atoms with Gasteiger partial charge < -0.3 is 28.4 Å². The minimum absolute atomic E-state index is 0.0699. The van der Waals surface area contributed by atoms with E-state index in [9.17, 15) is 19.2 Å². The molecule has 1 fully saturated rings. The van der Waals surface area contributed by atoms with E-state index in [0.29, 0.717) is 11.6 Å². The fourth-order valence-corrected chi connectivity index (χ4v) is 4.17. The maximum absolute atomic E-state index is 11.9. The van der Waals surface area contributed by atoms with Gasteiger partial charge in [-0.1, -0.05) is 38.3 Å². The third-order valence-electron chi connectivity index (χ3n) is 5.92. The van der Waals surface area contributed by atoms with Crippen molar-refractivity contribution in [3.05, 3.63) is 11.9 Å². The summed E-state index contributed by atoms with van der Waals surface area (Å²) in [6, 6.07) is 0. The Morgan fingerprint density at radius 1 is 0.947 bits per heavy atom. The third-order valence-corrected chi connectivity index (χ3v) is 5.92. The zero-order valence-electron chi connectivity index (χ0n) is 22.9. The topological polar surface area (TPSA) is 154 Å². The first-order valence-electron chi connectivity index (χ1n) is 12.8. The van der Waals surface area contributed by atoms with Gasteiger partial charge >= 0.3 is 23.9 Å². The molecule has 1 unspecified atom stereocenters. The number of carbonyl (C=O) groups excluding carboxylic acids is 4. The number of nitrogens with zero attached hydrogens (tertiary/aromatic N) is 3. The Kier molecular flexibility index (Phi) is 12.6. The number of esters is 4. The molecule has 13 heteroatoms. The molecule has 1 aromatic heterocycles. The lowest BCUT2D eigenvalue weighted by Gasteiger charge is -2.43. The lowest BCUT2D eigenvalue weighted by atomic mass is 9.98. The van der Waals surface area contributed by atoms with Crippen molar-refractivity contribution in [1.82, 2.24) is 15.0 Å². The van der Waals surface area contributed by atoms with Crippen LogP contribution in [-0.2, 0) is 60.8 Å². The maximum Gasteiger partial charge on any atom is 0.303 e. The minimum atomic E-state index is -1.29. The van der Waals surface area contributed by atoms with Gasteiger partial charge in [-0.2, -0.15) is 0 Å². The number of ether oxygens (including phenoxy) is 6. The van der Waals surface area contributed by atoms with Crippen LogP contribution in [0.3, 0.4) is 0 Å². The fraction of sp³-hybridized carbons (Fsp3) is 0.760. The first-order valence-corrected chi connectivity index (χ1v) is 12.8. The summed E-state index contributed by atoms with van der Waals surface area (Å²) in [6.07, 6.45) is -0.0106. The molecule has 0 saturated carbocycles. The molecule has 214 valence electrons. The van der Waals surface area contributed by atoms with E-state index < -0.39 is 54.6 Å². The highest BCUT2D eigenvalue weighted by atomic mass is 16.7. The highest BCUT2D eigenvalue weighted by Gasteiger charge is 2.52. The molecule has 0 radical (unpaired) electrons. The van der Waals surface area contributed by atoms with Crippen molar-refractivity contribution in [3.8, 4) is 0 Å². The van der Waals surface area contributed by atoms with Crippen molar-refractivity contribution in [2.45, 2.75) is 111 Å². The van der Waals surface area contributed by atoms with Gasteiger partial charge in [0.25, 0.3) is 0 Å². The van der Waals surface area contributed by atoms with Gasteiger partial charge in [0.15, 0.2) is 24.6 Å². The maximum atomic E-state index is 11.9. The zero-order valence-corrected chi connectivity index (χ0v) is 22.9. The van der Waals surface area contributed by atoms with E-state index in [4.69, 9.17) is 28.4 Å². The van der Waals surface area contributed by atoms with Gasteiger partial charge in [-0.15, -0.1) is 5.10 Å². The average Bonchev–Trinajstić information content (AvgIpc) is 3.28. The van der Waals surface area contributed by atoms with Crippen molar-refractivity contribution in [3.63, 3.8) is 0 Å². The smallest absolute Gasteiger partial charge is 0.303 e. The Morgan fingerprint density at radius 2 is 1.58 bits per heavy atom. The number of hydrogen-bond acceptors (Lipinski definition) is 12. The van der Waals surface area contributed by atoms with E-state index in [2.05, 4.69) is 24.2 Å². The molecule has 1 aliphatic rings. The van der Waals surface area contributed by atoms with Crippen LogP contribution in [0.1, 0.15) is 72.9 Å². The van der Waals surface area contributed by atoms with E-state index in [1.807, 2.05) is 0 Å². The Labute approximate surface area is 222 Å². The van der Waals surface area contributed by atoms with Crippen molar-refractivity contribution in [1.29, 1.82) is 0 Å². The van der Waals surface area contributed by atoms with E-state index in [0.717, 1.165) is 46.1 Å². The number of carbonyl (C=O) groups is 4. The Hall–Kier alpha value is -3.06. The van der Waals surface area contributed by atoms with Gasteiger partial charge in [-0.25, -0.2) is 0 Å². The Balaban J connectivity index is 2.24. The Morgan fingerprint density at radius 3 is 2.16 bits per heavy atom. The highest BCUT2D eigenvalue weighted by Crippen LogP contribution is 2.30. The highest BCUT2D eigenvalue weighted by molar-refractivity contribution is 5.68. The fourth-order valence-electron chi connectivity index (χ4n) is 4.17. The first kappa shape index (κ1) is 31.2. The molecule has 0 aliphatic carbocycles. The summed E-state index contributed by atoms with van der Waals surface area (Å²) in [6.45, 7) is 9.32.